The van der Waals surface area contributed by atoms with Crippen LogP contribution >= 0.6 is 0 Å². The van der Waals surface area contributed by atoms with Gasteiger partial charge >= 0.3 is 5.97 Å². The summed E-state index contributed by atoms with van der Waals surface area (Å²) >= 11 is 0. The summed E-state index contributed by atoms with van der Waals surface area (Å²) in [6.45, 7) is 11.2. The SMILES string of the molecule is CCCCC(CC(C)C)C(=O)OCC(C)C. The van der Waals surface area contributed by atoms with Crippen molar-refractivity contribution in [2.75, 3.05) is 6.61 Å². The van der Waals surface area contributed by atoms with Gasteiger partial charge in [0.2, 0.25) is 0 Å². The molecule has 0 bridgehead atoms. The lowest BCUT2D eigenvalue weighted by Crippen LogP contribution is -2.21. The second kappa shape index (κ2) is 8.60. The largest absolute Gasteiger partial charge is 0.465 e. The molecule has 2 nitrogen and oxygen atoms in total. The highest BCUT2D eigenvalue weighted by Crippen LogP contribution is 2.20. The Morgan fingerprint density at radius 2 is 1.75 bits per heavy atom. The van der Waals surface area contributed by atoms with Gasteiger partial charge in [-0.05, 0) is 24.7 Å². The predicted molar refractivity (Wildman–Crippen MR) is 68.3 cm³/mol. The van der Waals surface area contributed by atoms with Crippen LogP contribution in [-0.2, 0) is 9.53 Å². The lowest BCUT2D eigenvalue weighted by atomic mass is 9.92. The number of rotatable bonds is 8. The predicted octanol–water partition coefficient (Wildman–Crippen LogP) is 4.04. The summed E-state index contributed by atoms with van der Waals surface area (Å²) in [6, 6.07) is 0. The number of ether oxygens (including phenoxy) is 1. The Labute approximate surface area is 101 Å². The zero-order chi connectivity index (χ0) is 12.6. The summed E-state index contributed by atoms with van der Waals surface area (Å²) < 4.78 is 5.32. The van der Waals surface area contributed by atoms with Gasteiger partial charge in [0, 0.05) is 0 Å². The third-order valence-electron chi connectivity index (χ3n) is 2.55. The third kappa shape index (κ3) is 7.72. The molecule has 0 aliphatic rings. The normalized spacial score (nSPS) is 13.2. The highest BCUT2D eigenvalue weighted by molar-refractivity contribution is 5.72. The summed E-state index contributed by atoms with van der Waals surface area (Å²) in [5.41, 5.74) is 0. The minimum absolute atomic E-state index is 0.0100. The number of carbonyl (C=O) groups is 1. The van der Waals surface area contributed by atoms with Crippen LogP contribution in [0.5, 0.6) is 0 Å². The van der Waals surface area contributed by atoms with E-state index in [-0.39, 0.29) is 11.9 Å². The monoisotopic (exact) mass is 228 g/mol. The molecule has 0 rings (SSSR count). The summed E-state index contributed by atoms with van der Waals surface area (Å²) in [7, 11) is 0. The van der Waals surface area contributed by atoms with Crippen molar-refractivity contribution in [2.24, 2.45) is 17.8 Å². The highest BCUT2D eigenvalue weighted by Gasteiger charge is 2.20. The molecule has 2 heteroatoms. The van der Waals surface area contributed by atoms with E-state index in [4.69, 9.17) is 4.74 Å². The molecule has 0 saturated carbocycles. The first-order chi connectivity index (χ1) is 7.47. The van der Waals surface area contributed by atoms with Crippen molar-refractivity contribution in [3.63, 3.8) is 0 Å². The Balaban J connectivity index is 4.09. The van der Waals surface area contributed by atoms with Crippen LogP contribution in [0.2, 0.25) is 0 Å². The van der Waals surface area contributed by atoms with Crippen LogP contribution in [-0.4, -0.2) is 12.6 Å². The average Bonchev–Trinajstić information content (AvgIpc) is 2.20. The summed E-state index contributed by atoms with van der Waals surface area (Å²) in [5.74, 6) is 1.11. The van der Waals surface area contributed by atoms with Gasteiger partial charge in [-0.25, -0.2) is 0 Å². The molecule has 1 atom stereocenters. The Hall–Kier alpha value is -0.530. The van der Waals surface area contributed by atoms with Crippen molar-refractivity contribution in [3.05, 3.63) is 0 Å². The van der Waals surface area contributed by atoms with Crippen LogP contribution in [0.15, 0.2) is 0 Å². The van der Waals surface area contributed by atoms with E-state index in [9.17, 15) is 4.79 Å². The van der Waals surface area contributed by atoms with Crippen molar-refractivity contribution < 1.29 is 9.53 Å². The fraction of sp³-hybridized carbons (Fsp3) is 0.929. The molecule has 0 radical (unpaired) electrons. The van der Waals surface area contributed by atoms with E-state index < -0.39 is 0 Å². The first-order valence-electron chi connectivity index (χ1n) is 6.64. The smallest absolute Gasteiger partial charge is 0.308 e. The number of unbranched alkanes of at least 4 members (excludes halogenated alkanes) is 1. The lowest BCUT2D eigenvalue weighted by Gasteiger charge is -2.18. The zero-order valence-corrected chi connectivity index (χ0v) is 11.6. The Bertz CT molecular complexity index is 185. The molecule has 16 heavy (non-hydrogen) atoms. The molecule has 0 aromatic rings. The van der Waals surface area contributed by atoms with Crippen molar-refractivity contribution >= 4 is 5.97 Å². The standard InChI is InChI=1S/C14H28O2/c1-6-7-8-13(9-11(2)3)14(15)16-10-12(4)5/h11-13H,6-10H2,1-5H3. The van der Waals surface area contributed by atoms with Gasteiger partial charge < -0.3 is 4.74 Å². The van der Waals surface area contributed by atoms with Crippen LogP contribution in [0.3, 0.4) is 0 Å². The average molecular weight is 228 g/mol. The molecule has 0 spiro atoms. The van der Waals surface area contributed by atoms with Gasteiger partial charge in [0.25, 0.3) is 0 Å². The highest BCUT2D eigenvalue weighted by atomic mass is 16.5. The van der Waals surface area contributed by atoms with Gasteiger partial charge in [0.15, 0.2) is 0 Å². The molecule has 0 fully saturated rings. The Morgan fingerprint density at radius 3 is 2.19 bits per heavy atom. The number of esters is 1. The lowest BCUT2D eigenvalue weighted by molar-refractivity contribution is -0.150. The summed E-state index contributed by atoms with van der Waals surface area (Å²) in [5, 5.41) is 0. The second-order valence-electron chi connectivity index (χ2n) is 5.49. The van der Waals surface area contributed by atoms with Gasteiger partial charge in [-0.15, -0.1) is 0 Å². The van der Waals surface area contributed by atoms with Crippen LogP contribution < -0.4 is 0 Å². The third-order valence-corrected chi connectivity index (χ3v) is 2.55. The van der Waals surface area contributed by atoms with E-state index in [1.165, 1.54) is 0 Å². The van der Waals surface area contributed by atoms with Gasteiger partial charge in [-0.1, -0.05) is 47.5 Å². The van der Waals surface area contributed by atoms with Crippen molar-refractivity contribution in [3.8, 4) is 0 Å². The molecule has 0 heterocycles. The first kappa shape index (κ1) is 15.5. The van der Waals surface area contributed by atoms with E-state index in [1.807, 2.05) is 0 Å². The quantitative estimate of drug-likeness (QED) is 0.586. The summed E-state index contributed by atoms with van der Waals surface area (Å²) in [6.07, 6.45) is 4.20. The maximum atomic E-state index is 11.9. The molecule has 0 saturated heterocycles. The molecule has 0 aromatic heterocycles. The Kier molecular flexibility index (Phi) is 8.32. The second-order valence-corrected chi connectivity index (χ2v) is 5.49. The van der Waals surface area contributed by atoms with Crippen molar-refractivity contribution in [1.82, 2.24) is 0 Å². The zero-order valence-electron chi connectivity index (χ0n) is 11.6. The van der Waals surface area contributed by atoms with Crippen molar-refractivity contribution in [2.45, 2.75) is 60.3 Å². The fourth-order valence-electron chi connectivity index (χ4n) is 1.72. The minimum Gasteiger partial charge on any atom is -0.465 e. The van der Waals surface area contributed by atoms with E-state index in [0.29, 0.717) is 18.4 Å². The minimum atomic E-state index is 0.0100. The molecule has 0 amide bonds. The van der Waals surface area contributed by atoms with Gasteiger partial charge in [0.1, 0.15) is 0 Å². The maximum absolute atomic E-state index is 11.9. The van der Waals surface area contributed by atoms with Crippen LogP contribution in [0.4, 0.5) is 0 Å². The molecule has 0 aliphatic heterocycles. The van der Waals surface area contributed by atoms with Crippen molar-refractivity contribution in [1.29, 1.82) is 0 Å². The number of hydrogen-bond donors (Lipinski definition) is 0. The number of hydrogen-bond acceptors (Lipinski definition) is 2. The Morgan fingerprint density at radius 1 is 1.12 bits per heavy atom. The molecular formula is C14H28O2. The van der Waals surface area contributed by atoms with Gasteiger partial charge in [0.05, 0.1) is 12.5 Å². The van der Waals surface area contributed by atoms with Crippen LogP contribution in [0.25, 0.3) is 0 Å². The fourth-order valence-corrected chi connectivity index (χ4v) is 1.72. The van der Waals surface area contributed by atoms with Crippen LogP contribution in [0.1, 0.15) is 60.3 Å². The molecular weight excluding hydrogens is 200 g/mol. The molecule has 0 aromatic carbocycles. The maximum Gasteiger partial charge on any atom is 0.308 e. The van der Waals surface area contributed by atoms with E-state index in [2.05, 4.69) is 34.6 Å². The van der Waals surface area contributed by atoms with Crippen LogP contribution in [0, 0.1) is 17.8 Å². The molecule has 0 aliphatic carbocycles. The van der Waals surface area contributed by atoms with E-state index in [1.54, 1.807) is 0 Å². The number of carbonyl (C=O) groups excluding carboxylic acids is 1. The molecule has 1 unspecified atom stereocenters. The molecule has 96 valence electrons. The van der Waals surface area contributed by atoms with Gasteiger partial charge in [-0.2, -0.15) is 0 Å². The van der Waals surface area contributed by atoms with Gasteiger partial charge in [-0.3, -0.25) is 4.79 Å². The first-order valence-corrected chi connectivity index (χ1v) is 6.64. The topological polar surface area (TPSA) is 26.3 Å². The van der Waals surface area contributed by atoms with E-state index >= 15 is 0 Å². The summed E-state index contributed by atoms with van der Waals surface area (Å²) in [4.78, 5) is 11.9. The van der Waals surface area contributed by atoms with E-state index in [0.717, 1.165) is 25.7 Å². The molecule has 0 N–H and O–H groups in total.